The summed E-state index contributed by atoms with van der Waals surface area (Å²) in [7, 11) is 0. The monoisotopic (exact) mass is 433 g/mol. The minimum atomic E-state index is -0.457. The summed E-state index contributed by atoms with van der Waals surface area (Å²) in [6, 6.07) is 4.58. The van der Waals surface area contributed by atoms with Gasteiger partial charge in [-0.3, -0.25) is 4.79 Å². The van der Waals surface area contributed by atoms with Crippen LogP contribution in [0.2, 0.25) is 0 Å². The van der Waals surface area contributed by atoms with Crippen LogP contribution in [-0.4, -0.2) is 34.1 Å². The number of halogens is 2. The van der Waals surface area contributed by atoms with Crippen LogP contribution in [0.25, 0.3) is 11.1 Å². The summed E-state index contributed by atoms with van der Waals surface area (Å²) in [5.41, 5.74) is 1.40. The molecule has 140 valence electrons. The van der Waals surface area contributed by atoms with Crippen LogP contribution < -0.4 is 10.2 Å². The maximum atomic E-state index is 13.9. The Kier molecular flexibility index (Phi) is 4.77. The van der Waals surface area contributed by atoms with Gasteiger partial charge >= 0.3 is 0 Å². The van der Waals surface area contributed by atoms with E-state index in [1.54, 1.807) is 12.1 Å². The Bertz CT molecular complexity index is 1000. The molecule has 1 fully saturated rings. The fourth-order valence-electron chi connectivity index (χ4n) is 3.32. The summed E-state index contributed by atoms with van der Waals surface area (Å²) >= 11 is 3.21. The van der Waals surface area contributed by atoms with E-state index in [1.165, 1.54) is 12.4 Å². The lowest BCUT2D eigenvalue weighted by Crippen LogP contribution is -2.38. The molecule has 1 N–H and O–H groups in total. The molecule has 2 aromatic heterocycles. The van der Waals surface area contributed by atoms with Crippen LogP contribution >= 0.6 is 15.9 Å². The fourth-order valence-corrected chi connectivity index (χ4v) is 3.66. The number of aromatic nitrogens is 3. The molecule has 0 unspecified atom stereocenters. The molecule has 27 heavy (non-hydrogen) atoms. The van der Waals surface area contributed by atoms with Crippen molar-refractivity contribution in [3.8, 4) is 0 Å². The van der Waals surface area contributed by atoms with E-state index in [2.05, 4.69) is 41.3 Å². The number of nitrogens with zero attached hydrogens (tertiary/aromatic N) is 4. The number of hydrogen-bond donors (Lipinski definition) is 1. The predicted octanol–water partition coefficient (Wildman–Crippen LogP) is 3.68. The topological polar surface area (TPSA) is 84.2 Å². The van der Waals surface area contributed by atoms with Crippen molar-refractivity contribution in [1.29, 1.82) is 0 Å². The van der Waals surface area contributed by atoms with Gasteiger partial charge in [-0.1, -0.05) is 21.1 Å². The first-order valence-electron chi connectivity index (χ1n) is 8.61. The van der Waals surface area contributed by atoms with Gasteiger partial charge in [0, 0.05) is 23.5 Å². The predicted molar refractivity (Wildman–Crippen MR) is 102 cm³/mol. The van der Waals surface area contributed by atoms with Gasteiger partial charge in [0.05, 0.1) is 11.4 Å². The normalized spacial score (nSPS) is 15.3. The molecule has 7 nitrogen and oxygen atoms in total. The highest BCUT2D eigenvalue weighted by Gasteiger charge is 2.28. The van der Waals surface area contributed by atoms with Crippen LogP contribution in [0.15, 0.2) is 33.5 Å². The minimum Gasteiger partial charge on any atom is -0.356 e. The maximum Gasteiger partial charge on any atom is 0.263 e. The molecule has 1 aromatic carbocycles. The van der Waals surface area contributed by atoms with Crippen molar-refractivity contribution in [3.05, 3.63) is 40.5 Å². The zero-order valence-corrected chi connectivity index (χ0v) is 16.2. The van der Waals surface area contributed by atoms with Gasteiger partial charge in [-0.05, 0) is 38.0 Å². The quantitative estimate of drug-likeness (QED) is 0.677. The molecule has 0 aliphatic carbocycles. The Labute approximate surface area is 163 Å². The van der Waals surface area contributed by atoms with E-state index in [1.807, 2.05) is 6.92 Å². The van der Waals surface area contributed by atoms with Gasteiger partial charge in [0.15, 0.2) is 0 Å². The first kappa shape index (κ1) is 17.8. The highest BCUT2D eigenvalue weighted by atomic mass is 79.9. The van der Waals surface area contributed by atoms with Gasteiger partial charge in [-0.25, -0.2) is 9.37 Å². The Balaban J connectivity index is 1.44. The molecule has 1 amide bonds. The van der Waals surface area contributed by atoms with Crippen molar-refractivity contribution >= 4 is 44.4 Å². The van der Waals surface area contributed by atoms with Crippen molar-refractivity contribution < 1.29 is 13.7 Å². The molecule has 4 rings (SSSR count). The molecule has 1 saturated heterocycles. The number of piperidine rings is 1. The number of fused-ring (bicyclic) bond motifs is 1. The third kappa shape index (κ3) is 3.51. The highest BCUT2D eigenvalue weighted by Crippen LogP contribution is 2.30. The number of carbonyl (C=O) groups excluding carboxylic acids is 1. The Morgan fingerprint density at radius 2 is 2.11 bits per heavy atom. The summed E-state index contributed by atoms with van der Waals surface area (Å²) in [6.45, 7) is 3.18. The number of hydrogen-bond acceptors (Lipinski definition) is 6. The molecule has 1 aliphatic heterocycles. The summed E-state index contributed by atoms with van der Waals surface area (Å²) in [6.07, 6.45) is 2.76. The first-order chi connectivity index (χ1) is 13.0. The van der Waals surface area contributed by atoms with Crippen molar-refractivity contribution in [2.75, 3.05) is 23.3 Å². The number of rotatable bonds is 3. The Morgan fingerprint density at radius 1 is 1.33 bits per heavy atom. The second kappa shape index (κ2) is 7.22. The van der Waals surface area contributed by atoms with Gasteiger partial charge in [0.1, 0.15) is 23.3 Å². The summed E-state index contributed by atoms with van der Waals surface area (Å²) in [5, 5.41) is 7.44. The number of carbonyl (C=O) groups is 1. The summed E-state index contributed by atoms with van der Waals surface area (Å²) in [4.78, 5) is 23.1. The molecule has 3 aromatic rings. The van der Waals surface area contributed by atoms with Crippen LogP contribution in [0.5, 0.6) is 0 Å². The zero-order chi connectivity index (χ0) is 19.0. The SMILES string of the molecule is Cc1noc2ncnc(N3CCC(C(=O)Nc4ccc(Br)cc4F)CC3)c12. The lowest BCUT2D eigenvalue weighted by molar-refractivity contribution is -0.120. The van der Waals surface area contributed by atoms with Gasteiger partial charge in [0.2, 0.25) is 5.91 Å². The second-order valence-corrected chi connectivity index (χ2v) is 7.44. The number of amides is 1. The first-order valence-corrected chi connectivity index (χ1v) is 9.40. The molecule has 0 saturated carbocycles. The van der Waals surface area contributed by atoms with Crippen LogP contribution in [0.1, 0.15) is 18.5 Å². The number of aryl methyl sites for hydroxylation is 1. The van der Waals surface area contributed by atoms with Crippen LogP contribution in [-0.2, 0) is 4.79 Å². The Hall–Kier alpha value is -2.55. The lowest BCUT2D eigenvalue weighted by Gasteiger charge is -2.32. The molecule has 3 heterocycles. The third-order valence-corrected chi connectivity index (χ3v) is 5.27. The second-order valence-electron chi connectivity index (χ2n) is 6.52. The van der Waals surface area contributed by atoms with Crippen LogP contribution in [0.3, 0.4) is 0 Å². The standard InChI is InChI=1S/C18H17BrFN5O2/c1-10-15-16(21-9-22-18(15)27-24-10)25-6-4-11(5-7-25)17(26)23-14-3-2-12(19)8-13(14)20/h2-3,8-9,11H,4-7H2,1H3,(H,23,26). The molecule has 0 bridgehead atoms. The zero-order valence-electron chi connectivity index (χ0n) is 14.6. The number of anilines is 2. The largest absolute Gasteiger partial charge is 0.356 e. The smallest absolute Gasteiger partial charge is 0.263 e. The minimum absolute atomic E-state index is 0.162. The molecular formula is C18H17BrFN5O2. The Morgan fingerprint density at radius 3 is 2.85 bits per heavy atom. The van der Waals surface area contributed by atoms with Crippen molar-refractivity contribution in [2.24, 2.45) is 5.92 Å². The van der Waals surface area contributed by atoms with E-state index in [9.17, 15) is 9.18 Å². The van der Waals surface area contributed by atoms with Gasteiger partial charge in [-0.15, -0.1) is 0 Å². The average molecular weight is 434 g/mol. The van der Waals surface area contributed by atoms with E-state index in [0.29, 0.717) is 36.1 Å². The maximum absolute atomic E-state index is 13.9. The van der Waals surface area contributed by atoms with Gasteiger partial charge < -0.3 is 14.7 Å². The number of nitrogens with one attached hydrogen (secondary N) is 1. The summed E-state index contributed by atoms with van der Waals surface area (Å²) in [5.74, 6) is -0.0203. The van der Waals surface area contributed by atoms with E-state index >= 15 is 0 Å². The van der Waals surface area contributed by atoms with Gasteiger partial charge in [0.25, 0.3) is 5.71 Å². The van der Waals surface area contributed by atoms with Crippen molar-refractivity contribution in [1.82, 2.24) is 15.1 Å². The lowest BCUT2D eigenvalue weighted by atomic mass is 9.95. The van der Waals surface area contributed by atoms with Crippen molar-refractivity contribution in [2.45, 2.75) is 19.8 Å². The van der Waals surface area contributed by atoms with E-state index < -0.39 is 5.82 Å². The van der Waals surface area contributed by atoms with Crippen LogP contribution in [0, 0.1) is 18.7 Å². The van der Waals surface area contributed by atoms with Crippen LogP contribution in [0.4, 0.5) is 15.9 Å². The highest BCUT2D eigenvalue weighted by molar-refractivity contribution is 9.10. The summed E-state index contributed by atoms with van der Waals surface area (Å²) < 4.78 is 19.8. The number of benzene rings is 1. The molecule has 1 aliphatic rings. The third-order valence-electron chi connectivity index (χ3n) is 4.78. The molecule has 0 radical (unpaired) electrons. The van der Waals surface area contributed by atoms with Crippen molar-refractivity contribution in [3.63, 3.8) is 0 Å². The molecule has 0 atom stereocenters. The fraction of sp³-hybridized carbons (Fsp3) is 0.333. The average Bonchev–Trinajstić information content (AvgIpc) is 3.05. The molecular weight excluding hydrogens is 417 g/mol. The van der Waals surface area contributed by atoms with E-state index in [-0.39, 0.29) is 17.5 Å². The molecule has 9 heteroatoms. The molecule has 0 spiro atoms. The van der Waals surface area contributed by atoms with Gasteiger partial charge in [-0.2, -0.15) is 4.98 Å². The van der Waals surface area contributed by atoms with E-state index in [4.69, 9.17) is 4.52 Å². The van der Waals surface area contributed by atoms with E-state index in [0.717, 1.165) is 16.9 Å².